The SMILES string of the molecule is CC(CN)Nc1cccc(Cl)c1[N+](=O)[O-]. The van der Waals surface area contributed by atoms with E-state index in [4.69, 9.17) is 17.3 Å². The summed E-state index contributed by atoms with van der Waals surface area (Å²) in [4.78, 5) is 10.3. The van der Waals surface area contributed by atoms with Crippen LogP contribution in [0.4, 0.5) is 11.4 Å². The normalized spacial score (nSPS) is 12.2. The molecular weight excluding hydrogens is 218 g/mol. The van der Waals surface area contributed by atoms with Crippen molar-refractivity contribution in [2.45, 2.75) is 13.0 Å². The molecule has 0 radical (unpaired) electrons. The average molecular weight is 230 g/mol. The molecule has 0 spiro atoms. The number of hydrogen-bond donors (Lipinski definition) is 2. The van der Waals surface area contributed by atoms with Crippen molar-refractivity contribution in [1.82, 2.24) is 0 Å². The van der Waals surface area contributed by atoms with Crippen LogP contribution in [0.3, 0.4) is 0 Å². The third kappa shape index (κ3) is 2.81. The number of rotatable bonds is 4. The lowest BCUT2D eigenvalue weighted by atomic mass is 10.2. The van der Waals surface area contributed by atoms with Crippen LogP contribution in [0.1, 0.15) is 6.92 Å². The fraction of sp³-hybridized carbons (Fsp3) is 0.333. The molecule has 0 bridgehead atoms. The maximum atomic E-state index is 10.8. The fourth-order valence-corrected chi connectivity index (χ4v) is 1.39. The molecule has 3 N–H and O–H groups in total. The van der Waals surface area contributed by atoms with Crippen LogP contribution in [0, 0.1) is 10.1 Å². The zero-order chi connectivity index (χ0) is 11.4. The summed E-state index contributed by atoms with van der Waals surface area (Å²) < 4.78 is 0. The van der Waals surface area contributed by atoms with Gasteiger partial charge in [-0.05, 0) is 19.1 Å². The highest BCUT2D eigenvalue weighted by Gasteiger charge is 2.18. The molecule has 1 aromatic carbocycles. The number of hydrogen-bond acceptors (Lipinski definition) is 4. The van der Waals surface area contributed by atoms with Gasteiger partial charge in [-0.2, -0.15) is 0 Å². The molecule has 6 heteroatoms. The Kier molecular flexibility index (Phi) is 3.88. The topological polar surface area (TPSA) is 81.2 Å². The summed E-state index contributed by atoms with van der Waals surface area (Å²) >= 11 is 5.74. The Morgan fingerprint density at radius 3 is 2.87 bits per heavy atom. The van der Waals surface area contributed by atoms with Crippen molar-refractivity contribution >= 4 is 23.0 Å². The molecule has 5 nitrogen and oxygen atoms in total. The molecule has 0 saturated carbocycles. The smallest absolute Gasteiger partial charge is 0.310 e. The predicted octanol–water partition coefficient (Wildman–Crippen LogP) is 2.01. The molecule has 0 fully saturated rings. The average Bonchev–Trinajstić information content (AvgIpc) is 2.17. The summed E-state index contributed by atoms with van der Waals surface area (Å²) in [6.07, 6.45) is 0. The van der Waals surface area contributed by atoms with Crippen LogP contribution in [0.2, 0.25) is 5.02 Å². The molecule has 0 amide bonds. The van der Waals surface area contributed by atoms with E-state index < -0.39 is 4.92 Å². The Bertz CT molecular complexity index is 370. The molecule has 0 aliphatic rings. The minimum atomic E-state index is -0.506. The van der Waals surface area contributed by atoms with Crippen LogP contribution >= 0.6 is 11.6 Å². The van der Waals surface area contributed by atoms with Crippen LogP contribution in [0.5, 0.6) is 0 Å². The van der Waals surface area contributed by atoms with E-state index in [9.17, 15) is 10.1 Å². The number of nitrogens with one attached hydrogen (secondary N) is 1. The van der Waals surface area contributed by atoms with Crippen LogP contribution in [0.25, 0.3) is 0 Å². The van der Waals surface area contributed by atoms with E-state index in [1.54, 1.807) is 12.1 Å². The van der Waals surface area contributed by atoms with Gasteiger partial charge in [-0.1, -0.05) is 17.7 Å². The third-order valence-electron chi connectivity index (χ3n) is 1.92. The summed E-state index contributed by atoms with van der Waals surface area (Å²) in [5.41, 5.74) is 5.70. The van der Waals surface area contributed by atoms with Crippen molar-refractivity contribution in [3.05, 3.63) is 33.3 Å². The van der Waals surface area contributed by atoms with E-state index in [0.717, 1.165) is 0 Å². The molecule has 0 aromatic heterocycles. The first-order valence-corrected chi connectivity index (χ1v) is 4.83. The van der Waals surface area contributed by atoms with Gasteiger partial charge in [-0.15, -0.1) is 0 Å². The molecule has 0 aliphatic heterocycles. The van der Waals surface area contributed by atoms with Crippen molar-refractivity contribution in [1.29, 1.82) is 0 Å². The lowest BCUT2D eigenvalue weighted by molar-refractivity contribution is -0.383. The minimum absolute atomic E-state index is 0.0397. The van der Waals surface area contributed by atoms with Crippen LogP contribution in [-0.2, 0) is 0 Å². The zero-order valence-corrected chi connectivity index (χ0v) is 8.99. The van der Waals surface area contributed by atoms with Gasteiger partial charge in [0, 0.05) is 12.6 Å². The van der Waals surface area contributed by atoms with Crippen molar-refractivity contribution in [3.8, 4) is 0 Å². The highest BCUT2D eigenvalue weighted by molar-refractivity contribution is 6.33. The van der Waals surface area contributed by atoms with E-state index in [-0.39, 0.29) is 16.8 Å². The van der Waals surface area contributed by atoms with Gasteiger partial charge in [0.2, 0.25) is 0 Å². The van der Waals surface area contributed by atoms with Gasteiger partial charge in [-0.3, -0.25) is 10.1 Å². The highest BCUT2D eigenvalue weighted by atomic mass is 35.5. The second-order valence-corrected chi connectivity index (χ2v) is 3.58. The number of halogens is 1. The maximum Gasteiger partial charge on any atom is 0.310 e. The Balaban J connectivity index is 3.06. The first-order valence-electron chi connectivity index (χ1n) is 4.45. The van der Waals surface area contributed by atoms with E-state index in [1.165, 1.54) is 6.07 Å². The molecule has 1 unspecified atom stereocenters. The van der Waals surface area contributed by atoms with Gasteiger partial charge in [0.15, 0.2) is 0 Å². The largest absolute Gasteiger partial charge is 0.376 e. The maximum absolute atomic E-state index is 10.8. The fourth-order valence-electron chi connectivity index (χ4n) is 1.14. The van der Waals surface area contributed by atoms with Gasteiger partial charge >= 0.3 is 5.69 Å². The number of nitrogens with two attached hydrogens (primary N) is 1. The standard InChI is InChI=1S/C9H12ClN3O2/c1-6(5-11)12-8-4-2-3-7(10)9(8)13(14)15/h2-4,6,12H,5,11H2,1H3. The van der Waals surface area contributed by atoms with Crippen LogP contribution in [0.15, 0.2) is 18.2 Å². The Morgan fingerprint density at radius 1 is 1.67 bits per heavy atom. The first-order chi connectivity index (χ1) is 7.06. The summed E-state index contributed by atoms with van der Waals surface area (Å²) in [5.74, 6) is 0. The number of anilines is 1. The monoisotopic (exact) mass is 229 g/mol. The molecule has 0 saturated heterocycles. The number of para-hydroxylation sites is 1. The number of nitrogens with zero attached hydrogens (tertiary/aromatic N) is 1. The van der Waals surface area contributed by atoms with Crippen LogP contribution in [-0.4, -0.2) is 17.5 Å². The van der Waals surface area contributed by atoms with E-state index in [1.807, 2.05) is 6.92 Å². The molecular formula is C9H12ClN3O2. The number of nitro benzene ring substituents is 1. The van der Waals surface area contributed by atoms with Gasteiger partial charge in [0.25, 0.3) is 0 Å². The molecule has 0 heterocycles. The van der Waals surface area contributed by atoms with E-state index in [0.29, 0.717) is 12.2 Å². The van der Waals surface area contributed by atoms with Crippen molar-refractivity contribution in [2.24, 2.45) is 5.73 Å². The van der Waals surface area contributed by atoms with Crippen molar-refractivity contribution in [3.63, 3.8) is 0 Å². The van der Waals surface area contributed by atoms with Crippen molar-refractivity contribution < 1.29 is 4.92 Å². The number of benzene rings is 1. The summed E-state index contributed by atoms with van der Waals surface area (Å²) in [6, 6.07) is 4.71. The van der Waals surface area contributed by atoms with Gasteiger partial charge in [-0.25, -0.2) is 0 Å². The zero-order valence-electron chi connectivity index (χ0n) is 8.24. The Labute approximate surface area is 92.4 Å². The Hall–Kier alpha value is -1.33. The molecule has 0 aliphatic carbocycles. The van der Waals surface area contributed by atoms with E-state index >= 15 is 0 Å². The Morgan fingerprint density at radius 2 is 2.33 bits per heavy atom. The summed E-state index contributed by atoms with van der Waals surface area (Å²) in [7, 11) is 0. The second-order valence-electron chi connectivity index (χ2n) is 3.17. The van der Waals surface area contributed by atoms with Gasteiger partial charge < -0.3 is 11.1 Å². The molecule has 1 atom stereocenters. The predicted molar refractivity (Wildman–Crippen MR) is 60.2 cm³/mol. The summed E-state index contributed by atoms with van der Waals surface area (Å²) in [6.45, 7) is 2.23. The lowest BCUT2D eigenvalue weighted by Gasteiger charge is -2.13. The molecule has 82 valence electrons. The first kappa shape index (κ1) is 11.7. The van der Waals surface area contributed by atoms with Gasteiger partial charge in [0.05, 0.1) is 4.92 Å². The minimum Gasteiger partial charge on any atom is -0.376 e. The molecule has 1 rings (SSSR count). The number of nitro groups is 1. The highest BCUT2D eigenvalue weighted by Crippen LogP contribution is 2.32. The molecule has 15 heavy (non-hydrogen) atoms. The lowest BCUT2D eigenvalue weighted by Crippen LogP contribution is -2.25. The second kappa shape index (κ2) is 4.95. The summed E-state index contributed by atoms with van der Waals surface area (Å²) in [5, 5.41) is 13.8. The van der Waals surface area contributed by atoms with Crippen molar-refractivity contribution in [2.75, 3.05) is 11.9 Å². The molecule has 1 aromatic rings. The van der Waals surface area contributed by atoms with Gasteiger partial charge in [0.1, 0.15) is 10.7 Å². The van der Waals surface area contributed by atoms with E-state index in [2.05, 4.69) is 5.32 Å². The third-order valence-corrected chi connectivity index (χ3v) is 2.23. The van der Waals surface area contributed by atoms with Crippen LogP contribution < -0.4 is 11.1 Å². The quantitative estimate of drug-likeness (QED) is 0.611.